The lowest BCUT2D eigenvalue weighted by Crippen LogP contribution is -2.46. The third-order valence-electron chi connectivity index (χ3n) is 5.27. The molecule has 1 N–H and O–H groups in total. The molecule has 0 heterocycles. The van der Waals surface area contributed by atoms with Crippen molar-refractivity contribution < 1.29 is 4.74 Å². The van der Waals surface area contributed by atoms with Gasteiger partial charge < -0.3 is 10.1 Å². The molecule has 0 saturated heterocycles. The van der Waals surface area contributed by atoms with Gasteiger partial charge in [0.1, 0.15) is 0 Å². The summed E-state index contributed by atoms with van der Waals surface area (Å²) >= 11 is 0. The Labute approximate surface area is 125 Å². The third kappa shape index (κ3) is 4.71. The Bertz CT molecular complexity index is 268. The first kappa shape index (κ1) is 16.3. The van der Waals surface area contributed by atoms with Crippen LogP contribution < -0.4 is 5.32 Å². The number of methoxy groups -OCH3 is 1. The van der Waals surface area contributed by atoms with Crippen molar-refractivity contribution in [3.63, 3.8) is 0 Å². The van der Waals surface area contributed by atoms with Crippen molar-refractivity contribution in [2.75, 3.05) is 33.9 Å². The Morgan fingerprint density at radius 3 is 2.60 bits per heavy atom. The van der Waals surface area contributed by atoms with Crippen molar-refractivity contribution in [3.8, 4) is 0 Å². The summed E-state index contributed by atoms with van der Waals surface area (Å²) < 4.78 is 5.29. The first-order valence-corrected chi connectivity index (χ1v) is 8.68. The molecule has 0 radical (unpaired) electrons. The van der Waals surface area contributed by atoms with Gasteiger partial charge in [-0.05, 0) is 51.0 Å². The average molecular weight is 282 g/mol. The maximum Gasteiger partial charge on any atom is 0.0589 e. The molecule has 20 heavy (non-hydrogen) atoms. The fraction of sp³-hybridized carbons (Fsp3) is 1.00. The highest BCUT2D eigenvalue weighted by Gasteiger charge is 2.35. The topological polar surface area (TPSA) is 24.5 Å². The summed E-state index contributed by atoms with van der Waals surface area (Å²) in [7, 11) is 3.97. The van der Waals surface area contributed by atoms with E-state index in [2.05, 4.69) is 24.2 Å². The molecule has 2 fully saturated rings. The quantitative estimate of drug-likeness (QED) is 0.704. The van der Waals surface area contributed by atoms with Crippen LogP contribution in [0.2, 0.25) is 0 Å². The van der Waals surface area contributed by atoms with Crippen molar-refractivity contribution >= 4 is 0 Å². The van der Waals surface area contributed by atoms with Gasteiger partial charge in [-0.1, -0.05) is 19.8 Å². The zero-order chi connectivity index (χ0) is 14.4. The molecule has 2 aliphatic rings. The molecule has 0 aromatic carbocycles. The van der Waals surface area contributed by atoms with Crippen LogP contribution >= 0.6 is 0 Å². The van der Waals surface area contributed by atoms with E-state index in [1.54, 1.807) is 0 Å². The van der Waals surface area contributed by atoms with Gasteiger partial charge in [0.15, 0.2) is 0 Å². The summed E-state index contributed by atoms with van der Waals surface area (Å²) in [4.78, 5) is 2.70. The van der Waals surface area contributed by atoms with Crippen molar-refractivity contribution in [1.29, 1.82) is 0 Å². The van der Waals surface area contributed by atoms with Gasteiger partial charge in [0, 0.05) is 32.3 Å². The first-order valence-electron chi connectivity index (χ1n) is 8.68. The van der Waals surface area contributed by atoms with Crippen molar-refractivity contribution in [1.82, 2.24) is 10.2 Å². The lowest BCUT2D eigenvalue weighted by molar-refractivity contribution is 0.102. The van der Waals surface area contributed by atoms with E-state index < -0.39 is 0 Å². The van der Waals surface area contributed by atoms with Crippen LogP contribution in [0.25, 0.3) is 0 Å². The molecular formula is C17H34N2O. The van der Waals surface area contributed by atoms with E-state index in [0.29, 0.717) is 0 Å². The molecule has 3 atom stereocenters. The van der Waals surface area contributed by atoms with Gasteiger partial charge in [-0.15, -0.1) is 0 Å². The van der Waals surface area contributed by atoms with E-state index in [0.717, 1.165) is 37.1 Å². The van der Waals surface area contributed by atoms with Gasteiger partial charge in [0.25, 0.3) is 0 Å². The predicted molar refractivity (Wildman–Crippen MR) is 85.1 cm³/mol. The number of rotatable bonds is 9. The van der Waals surface area contributed by atoms with Crippen molar-refractivity contribution in [2.45, 2.75) is 64.0 Å². The Balaban J connectivity index is 1.87. The molecule has 2 rings (SSSR count). The molecule has 0 aliphatic heterocycles. The molecule has 3 nitrogen and oxygen atoms in total. The summed E-state index contributed by atoms with van der Waals surface area (Å²) in [6.45, 7) is 5.60. The molecule has 3 heteroatoms. The van der Waals surface area contributed by atoms with Crippen LogP contribution in [0.1, 0.15) is 51.9 Å². The lowest BCUT2D eigenvalue weighted by atomic mass is 9.76. The Morgan fingerprint density at radius 2 is 2.00 bits per heavy atom. The molecule has 0 aromatic rings. The molecule has 2 aliphatic carbocycles. The zero-order valence-electron chi connectivity index (χ0n) is 13.7. The van der Waals surface area contributed by atoms with Crippen molar-refractivity contribution in [2.24, 2.45) is 11.8 Å². The van der Waals surface area contributed by atoms with Gasteiger partial charge >= 0.3 is 0 Å². The first-order chi connectivity index (χ1) is 9.78. The molecule has 118 valence electrons. The number of hydrogen-bond acceptors (Lipinski definition) is 3. The van der Waals surface area contributed by atoms with E-state index in [9.17, 15) is 0 Å². The second kappa shape index (κ2) is 8.35. The summed E-state index contributed by atoms with van der Waals surface area (Å²) in [5.74, 6) is 1.81. The van der Waals surface area contributed by atoms with Gasteiger partial charge in [-0.25, -0.2) is 0 Å². The second-order valence-electron chi connectivity index (χ2n) is 6.84. The second-order valence-corrected chi connectivity index (χ2v) is 6.84. The predicted octanol–water partition coefficient (Wildman–Crippen LogP) is 2.90. The number of hydrogen-bond donors (Lipinski definition) is 1. The molecule has 0 aromatic heterocycles. The molecule has 0 bridgehead atoms. The summed E-state index contributed by atoms with van der Waals surface area (Å²) in [6.07, 6.45) is 9.80. The van der Waals surface area contributed by atoms with E-state index in [1.807, 2.05) is 7.11 Å². The highest BCUT2D eigenvalue weighted by Crippen LogP contribution is 2.35. The van der Waals surface area contributed by atoms with Gasteiger partial charge in [-0.3, -0.25) is 4.90 Å². The number of ether oxygens (including phenoxy) is 1. The Hall–Kier alpha value is -0.120. The third-order valence-corrected chi connectivity index (χ3v) is 5.27. The zero-order valence-corrected chi connectivity index (χ0v) is 13.7. The highest BCUT2D eigenvalue weighted by atomic mass is 16.5. The van der Waals surface area contributed by atoms with E-state index in [-0.39, 0.29) is 0 Å². The van der Waals surface area contributed by atoms with Crippen LogP contribution in [0.5, 0.6) is 0 Å². The summed E-state index contributed by atoms with van der Waals surface area (Å²) in [5, 5.41) is 3.58. The standard InChI is InChI=1S/C17H34N2O/c1-4-5-14-6-9-17(18-2)15(12-14)13-19(10-11-20-3)16-7-8-16/h14-18H,4-13H2,1-3H3. The fourth-order valence-corrected chi connectivity index (χ4v) is 3.99. The molecule has 0 spiro atoms. The van der Waals surface area contributed by atoms with Crippen LogP contribution in [0, 0.1) is 11.8 Å². The van der Waals surface area contributed by atoms with E-state index >= 15 is 0 Å². The Morgan fingerprint density at radius 1 is 1.20 bits per heavy atom. The van der Waals surface area contributed by atoms with Gasteiger partial charge in [-0.2, -0.15) is 0 Å². The molecular weight excluding hydrogens is 248 g/mol. The van der Waals surface area contributed by atoms with Crippen LogP contribution in [-0.2, 0) is 4.74 Å². The number of nitrogens with one attached hydrogen (secondary N) is 1. The highest BCUT2D eigenvalue weighted by molar-refractivity contribution is 4.90. The van der Waals surface area contributed by atoms with Gasteiger partial charge in [0.2, 0.25) is 0 Å². The monoisotopic (exact) mass is 282 g/mol. The van der Waals surface area contributed by atoms with Gasteiger partial charge in [0.05, 0.1) is 6.61 Å². The average Bonchev–Trinajstić information content (AvgIpc) is 3.28. The van der Waals surface area contributed by atoms with E-state index in [1.165, 1.54) is 51.5 Å². The maximum atomic E-state index is 5.29. The number of nitrogens with zero attached hydrogens (tertiary/aromatic N) is 1. The largest absolute Gasteiger partial charge is 0.383 e. The summed E-state index contributed by atoms with van der Waals surface area (Å²) in [6, 6.07) is 1.58. The smallest absolute Gasteiger partial charge is 0.0589 e. The fourth-order valence-electron chi connectivity index (χ4n) is 3.99. The van der Waals surface area contributed by atoms with Crippen molar-refractivity contribution in [3.05, 3.63) is 0 Å². The van der Waals surface area contributed by atoms with Crippen LogP contribution in [-0.4, -0.2) is 50.8 Å². The summed E-state index contributed by atoms with van der Waals surface area (Å²) in [5.41, 5.74) is 0. The molecule has 3 unspecified atom stereocenters. The lowest BCUT2D eigenvalue weighted by Gasteiger charge is -2.39. The SMILES string of the molecule is CCCC1CCC(NC)C(CN(CCOC)C2CC2)C1. The van der Waals surface area contributed by atoms with Crippen LogP contribution in [0.3, 0.4) is 0 Å². The minimum absolute atomic E-state index is 0.729. The minimum atomic E-state index is 0.729. The van der Waals surface area contributed by atoms with E-state index in [4.69, 9.17) is 4.74 Å². The normalized spacial score (nSPS) is 30.9. The Kier molecular flexibility index (Phi) is 6.79. The molecule has 0 amide bonds. The van der Waals surface area contributed by atoms with Crippen LogP contribution in [0.4, 0.5) is 0 Å². The van der Waals surface area contributed by atoms with Crippen LogP contribution in [0.15, 0.2) is 0 Å². The maximum absolute atomic E-state index is 5.29. The molecule has 2 saturated carbocycles. The minimum Gasteiger partial charge on any atom is -0.383 e.